The molecule has 21 heavy (non-hydrogen) atoms. The SMILES string of the molecule is CCCCCCCCCCCCC(=O)c1ccc(C)cc1. The summed E-state index contributed by atoms with van der Waals surface area (Å²) in [7, 11) is 0. The summed E-state index contributed by atoms with van der Waals surface area (Å²) in [5.74, 6) is 0.301. The third-order valence-electron chi connectivity index (χ3n) is 4.13. The lowest BCUT2D eigenvalue weighted by molar-refractivity contribution is 0.0979. The second-order valence-electron chi connectivity index (χ2n) is 6.22. The molecule has 0 aromatic heterocycles. The number of carbonyl (C=O) groups is 1. The Balaban J connectivity index is 1.96. The van der Waals surface area contributed by atoms with Crippen molar-refractivity contribution in [3.63, 3.8) is 0 Å². The van der Waals surface area contributed by atoms with E-state index in [4.69, 9.17) is 0 Å². The molecule has 1 rings (SSSR count). The minimum atomic E-state index is 0.301. The van der Waals surface area contributed by atoms with E-state index in [9.17, 15) is 4.79 Å². The van der Waals surface area contributed by atoms with Crippen molar-refractivity contribution in [2.75, 3.05) is 0 Å². The smallest absolute Gasteiger partial charge is 0.162 e. The molecule has 0 radical (unpaired) electrons. The summed E-state index contributed by atoms with van der Waals surface area (Å²) < 4.78 is 0. The van der Waals surface area contributed by atoms with E-state index in [0.29, 0.717) is 12.2 Å². The first-order chi connectivity index (χ1) is 10.2. The first-order valence-corrected chi connectivity index (χ1v) is 8.84. The van der Waals surface area contributed by atoms with Crippen molar-refractivity contribution in [1.29, 1.82) is 0 Å². The summed E-state index contributed by atoms with van der Waals surface area (Å²) in [5.41, 5.74) is 2.09. The van der Waals surface area contributed by atoms with Crippen LogP contribution in [0.4, 0.5) is 0 Å². The Morgan fingerprint density at radius 1 is 0.762 bits per heavy atom. The molecule has 0 bridgehead atoms. The Hall–Kier alpha value is -1.11. The molecule has 0 saturated carbocycles. The van der Waals surface area contributed by atoms with Crippen molar-refractivity contribution in [3.8, 4) is 0 Å². The second kappa shape index (κ2) is 11.5. The summed E-state index contributed by atoms with van der Waals surface area (Å²) >= 11 is 0. The van der Waals surface area contributed by atoms with Crippen molar-refractivity contribution in [2.45, 2.75) is 84.5 Å². The van der Waals surface area contributed by atoms with Crippen LogP contribution in [0.15, 0.2) is 24.3 Å². The molecule has 0 spiro atoms. The number of aryl methyl sites for hydroxylation is 1. The van der Waals surface area contributed by atoms with Gasteiger partial charge in [0.15, 0.2) is 5.78 Å². The van der Waals surface area contributed by atoms with E-state index in [1.165, 1.54) is 63.4 Å². The van der Waals surface area contributed by atoms with Crippen LogP contribution in [-0.4, -0.2) is 5.78 Å². The molecule has 118 valence electrons. The highest BCUT2D eigenvalue weighted by Crippen LogP contribution is 2.13. The average Bonchev–Trinajstić information content (AvgIpc) is 2.49. The van der Waals surface area contributed by atoms with Crippen molar-refractivity contribution in [3.05, 3.63) is 35.4 Å². The fraction of sp³-hybridized carbons (Fsp3) is 0.650. The molecule has 0 unspecified atom stereocenters. The standard InChI is InChI=1S/C20H32O/c1-3-4-5-6-7-8-9-10-11-12-13-20(21)19-16-14-18(2)15-17-19/h14-17H,3-13H2,1-2H3. The van der Waals surface area contributed by atoms with Crippen LogP contribution in [0.25, 0.3) is 0 Å². The summed E-state index contributed by atoms with van der Waals surface area (Å²) in [4.78, 5) is 12.0. The van der Waals surface area contributed by atoms with E-state index < -0.39 is 0 Å². The molecular weight excluding hydrogens is 256 g/mol. The first-order valence-electron chi connectivity index (χ1n) is 8.84. The number of Topliss-reactive ketones (excluding diaryl/α,β-unsaturated/α-hetero) is 1. The van der Waals surface area contributed by atoms with Crippen LogP contribution in [0.2, 0.25) is 0 Å². The normalized spacial score (nSPS) is 10.8. The highest BCUT2D eigenvalue weighted by Gasteiger charge is 2.04. The molecule has 0 amide bonds. The highest BCUT2D eigenvalue weighted by atomic mass is 16.1. The van der Waals surface area contributed by atoms with Gasteiger partial charge in [0.05, 0.1) is 0 Å². The summed E-state index contributed by atoms with van der Waals surface area (Å²) in [6.45, 7) is 4.31. The lowest BCUT2D eigenvalue weighted by atomic mass is 10.0. The molecule has 0 aliphatic heterocycles. The maximum absolute atomic E-state index is 12.0. The molecule has 0 aliphatic rings. The molecule has 1 aromatic carbocycles. The van der Waals surface area contributed by atoms with Crippen LogP contribution in [0.5, 0.6) is 0 Å². The van der Waals surface area contributed by atoms with Gasteiger partial charge in [0.2, 0.25) is 0 Å². The maximum atomic E-state index is 12.0. The van der Waals surface area contributed by atoms with Crippen molar-refractivity contribution < 1.29 is 4.79 Å². The second-order valence-corrected chi connectivity index (χ2v) is 6.22. The molecule has 0 saturated heterocycles. The van der Waals surface area contributed by atoms with E-state index in [2.05, 4.69) is 13.8 Å². The maximum Gasteiger partial charge on any atom is 0.162 e. The monoisotopic (exact) mass is 288 g/mol. The minimum Gasteiger partial charge on any atom is -0.294 e. The van der Waals surface area contributed by atoms with E-state index >= 15 is 0 Å². The van der Waals surface area contributed by atoms with Gasteiger partial charge in [-0.05, 0) is 13.3 Å². The topological polar surface area (TPSA) is 17.1 Å². The average molecular weight is 288 g/mol. The lowest BCUT2D eigenvalue weighted by Gasteiger charge is -2.03. The fourth-order valence-corrected chi connectivity index (χ4v) is 2.66. The summed E-state index contributed by atoms with van der Waals surface area (Å²) in [5, 5.41) is 0. The van der Waals surface area contributed by atoms with Crippen molar-refractivity contribution >= 4 is 5.78 Å². The van der Waals surface area contributed by atoms with Crippen LogP contribution in [0, 0.1) is 6.92 Å². The zero-order valence-corrected chi connectivity index (χ0v) is 14.0. The Labute approximate surface area is 131 Å². The lowest BCUT2D eigenvalue weighted by Crippen LogP contribution is -1.98. The summed E-state index contributed by atoms with van der Waals surface area (Å²) in [6, 6.07) is 7.94. The Morgan fingerprint density at radius 3 is 1.76 bits per heavy atom. The van der Waals surface area contributed by atoms with Gasteiger partial charge >= 0.3 is 0 Å². The van der Waals surface area contributed by atoms with Crippen LogP contribution < -0.4 is 0 Å². The Kier molecular flexibility index (Phi) is 9.86. The molecule has 1 nitrogen and oxygen atoms in total. The number of benzene rings is 1. The Morgan fingerprint density at radius 2 is 1.24 bits per heavy atom. The van der Waals surface area contributed by atoms with Gasteiger partial charge in [-0.1, -0.05) is 94.5 Å². The molecular formula is C20H32O. The molecule has 0 heterocycles. The van der Waals surface area contributed by atoms with Crippen LogP contribution in [-0.2, 0) is 0 Å². The van der Waals surface area contributed by atoms with E-state index in [-0.39, 0.29) is 0 Å². The number of carbonyl (C=O) groups excluding carboxylic acids is 1. The fourth-order valence-electron chi connectivity index (χ4n) is 2.66. The zero-order valence-electron chi connectivity index (χ0n) is 14.0. The van der Waals surface area contributed by atoms with Crippen molar-refractivity contribution in [2.24, 2.45) is 0 Å². The number of ketones is 1. The minimum absolute atomic E-state index is 0.301. The number of rotatable bonds is 12. The van der Waals surface area contributed by atoms with Gasteiger partial charge in [-0.3, -0.25) is 4.79 Å². The van der Waals surface area contributed by atoms with Crippen LogP contribution >= 0.6 is 0 Å². The van der Waals surface area contributed by atoms with Gasteiger partial charge in [0, 0.05) is 12.0 Å². The summed E-state index contributed by atoms with van der Waals surface area (Å²) in [6.07, 6.45) is 13.9. The largest absolute Gasteiger partial charge is 0.294 e. The van der Waals surface area contributed by atoms with Crippen LogP contribution in [0.1, 0.15) is 93.5 Å². The molecule has 1 heteroatoms. The van der Waals surface area contributed by atoms with Gasteiger partial charge in [0.25, 0.3) is 0 Å². The predicted octanol–water partition coefficient (Wildman–Crippen LogP) is 6.49. The van der Waals surface area contributed by atoms with E-state index in [0.717, 1.165) is 12.0 Å². The Bertz CT molecular complexity index is 377. The van der Waals surface area contributed by atoms with E-state index in [1.807, 2.05) is 24.3 Å². The number of unbranched alkanes of at least 4 members (excludes halogenated alkanes) is 9. The van der Waals surface area contributed by atoms with Gasteiger partial charge in [-0.15, -0.1) is 0 Å². The predicted molar refractivity (Wildman–Crippen MR) is 92.0 cm³/mol. The third-order valence-corrected chi connectivity index (χ3v) is 4.13. The number of hydrogen-bond donors (Lipinski definition) is 0. The van der Waals surface area contributed by atoms with Gasteiger partial charge < -0.3 is 0 Å². The molecule has 1 aromatic rings. The first kappa shape index (κ1) is 17.9. The third kappa shape index (κ3) is 8.70. The van der Waals surface area contributed by atoms with Gasteiger partial charge in [-0.25, -0.2) is 0 Å². The molecule has 0 atom stereocenters. The van der Waals surface area contributed by atoms with Crippen molar-refractivity contribution in [1.82, 2.24) is 0 Å². The van der Waals surface area contributed by atoms with E-state index in [1.54, 1.807) is 0 Å². The number of hydrogen-bond acceptors (Lipinski definition) is 1. The molecule has 0 aliphatic carbocycles. The molecule has 0 N–H and O–H groups in total. The van der Waals surface area contributed by atoms with Crippen LogP contribution in [0.3, 0.4) is 0 Å². The molecule has 0 fully saturated rings. The van der Waals surface area contributed by atoms with Gasteiger partial charge in [-0.2, -0.15) is 0 Å². The zero-order chi connectivity index (χ0) is 15.3. The van der Waals surface area contributed by atoms with Gasteiger partial charge in [0.1, 0.15) is 0 Å². The highest BCUT2D eigenvalue weighted by molar-refractivity contribution is 5.96. The quantitative estimate of drug-likeness (QED) is 0.317.